The first kappa shape index (κ1) is 10.1. The van der Waals surface area contributed by atoms with E-state index in [9.17, 15) is 0 Å². The van der Waals surface area contributed by atoms with Gasteiger partial charge in [-0.05, 0) is 22.0 Å². The molecule has 4 heteroatoms. The minimum absolute atomic E-state index is 0.903. The van der Waals surface area contributed by atoms with E-state index in [2.05, 4.69) is 63.0 Å². The highest BCUT2D eigenvalue weighted by molar-refractivity contribution is 9.10. The number of hydrogen-bond donors (Lipinski definition) is 0. The molecule has 2 aromatic heterocycles. The monoisotopic (exact) mass is 292 g/mol. The summed E-state index contributed by atoms with van der Waals surface area (Å²) in [6.45, 7) is 0. The van der Waals surface area contributed by atoms with Crippen LogP contribution < -0.4 is 0 Å². The lowest BCUT2D eigenvalue weighted by atomic mass is 10.2. The first-order chi connectivity index (χ1) is 7.75. The molecular weight excluding hydrogens is 284 g/mol. The predicted octanol–water partition coefficient (Wildman–Crippen LogP) is 4.06. The van der Waals surface area contributed by atoms with Crippen molar-refractivity contribution in [3.8, 4) is 10.6 Å². The maximum Gasteiger partial charge on any atom is 0.126 e. The molecule has 0 amide bonds. The molecule has 2 heterocycles. The second kappa shape index (κ2) is 3.71. The average Bonchev–Trinajstić information content (AvgIpc) is 2.84. The van der Waals surface area contributed by atoms with Gasteiger partial charge in [0.1, 0.15) is 9.61 Å². The molecule has 0 atom stereocenters. The van der Waals surface area contributed by atoms with Gasteiger partial charge in [-0.2, -0.15) is 0 Å². The third kappa shape index (κ3) is 1.49. The molecule has 0 fully saturated rings. The summed E-state index contributed by atoms with van der Waals surface area (Å²) in [5, 5.41) is 4.33. The van der Waals surface area contributed by atoms with Gasteiger partial charge in [0.25, 0.3) is 0 Å². The van der Waals surface area contributed by atoms with E-state index in [1.165, 1.54) is 16.5 Å². The van der Waals surface area contributed by atoms with E-state index >= 15 is 0 Å². The molecule has 0 unspecified atom stereocenters. The Morgan fingerprint density at radius 3 is 2.88 bits per heavy atom. The molecule has 0 aliphatic carbocycles. The number of aryl methyl sites for hydroxylation is 1. The summed E-state index contributed by atoms with van der Waals surface area (Å²) in [4.78, 5) is 4.47. The summed E-state index contributed by atoms with van der Waals surface area (Å²) in [7, 11) is 2.06. The fourth-order valence-corrected chi connectivity index (χ4v) is 3.17. The summed E-state index contributed by atoms with van der Waals surface area (Å²) >= 11 is 5.05. The highest BCUT2D eigenvalue weighted by Gasteiger charge is 2.10. The van der Waals surface area contributed by atoms with E-state index in [1.807, 2.05) is 5.38 Å². The summed E-state index contributed by atoms with van der Waals surface area (Å²) in [5.74, 6) is 0. The summed E-state index contributed by atoms with van der Waals surface area (Å²) < 4.78 is 3.04. The van der Waals surface area contributed by atoms with Crippen LogP contribution in [0.4, 0.5) is 0 Å². The topological polar surface area (TPSA) is 17.8 Å². The SMILES string of the molecule is Cn1cc(-c2nc(Br)cs2)c2ccccc21. The molecule has 0 saturated carbocycles. The molecule has 0 aliphatic heterocycles. The van der Waals surface area contributed by atoms with Crippen LogP contribution in [-0.2, 0) is 7.05 Å². The van der Waals surface area contributed by atoms with Gasteiger partial charge in [-0.25, -0.2) is 4.98 Å². The van der Waals surface area contributed by atoms with Crippen LogP contribution in [0, 0.1) is 0 Å². The van der Waals surface area contributed by atoms with Crippen LogP contribution >= 0.6 is 27.3 Å². The van der Waals surface area contributed by atoms with Crippen molar-refractivity contribution < 1.29 is 0 Å². The summed E-state index contributed by atoms with van der Waals surface area (Å²) in [6.07, 6.45) is 2.13. The first-order valence-corrected chi connectivity index (χ1v) is 6.58. The van der Waals surface area contributed by atoms with Crippen molar-refractivity contribution in [2.45, 2.75) is 0 Å². The lowest BCUT2D eigenvalue weighted by molar-refractivity contribution is 0.970. The highest BCUT2D eigenvalue weighted by atomic mass is 79.9. The fourth-order valence-electron chi connectivity index (χ4n) is 1.89. The van der Waals surface area contributed by atoms with Crippen LogP contribution in [0.1, 0.15) is 0 Å². The van der Waals surface area contributed by atoms with Crippen LogP contribution in [0.2, 0.25) is 0 Å². The molecule has 0 bridgehead atoms. The van der Waals surface area contributed by atoms with E-state index in [1.54, 1.807) is 11.3 Å². The van der Waals surface area contributed by atoms with Crippen molar-refractivity contribution >= 4 is 38.2 Å². The molecule has 0 N–H and O–H groups in total. The van der Waals surface area contributed by atoms with Gasteiger partial charge in [0.2, 0.25) is 0 Å². The number of aromatic nitrogens is 2. The van der Waals surface area contributed by atoms with Gasteiger partial charge in [0.15, 0.2) is 0 Å². The average molecular weight is 293 g/mol. The van der Waals surface area contributed by atoms with Crippen molar-refractivity contribution in [1.29, 1.82) is 0 Å². The number of para-hydroxylation sites is 1. The number of thiazole rings is 1. The second-order valence-corrected chi connectivity index (χ2v) is 5.32. The van der Waals surface area contributed by atoms with Crippen LogP contribution in [0.3, 0.4) is 0 Å². The smallest absolute Gasteiger partial charge is 0.126 e. The molecule has 2 nitrogen and oxygen atoms in total. The molecule has 3 rings (SSSR count). The van der Waals surface area contributed by atoms with Crippen LogP contribution in [0.5, 0.6) is 0 Å². The van der Waals surface area contributed by atoms with Crippen LogP contribution in [0.15, 0.2) is 40.4 Å². The van der Waals surface area contributed by atoms with Crippen molar-refractivity contribution in [2.24, 2.45) is 7.05 Å². The Labute approximate surface area is 106 Å². The van der Waals surface area contributed by atoms with Gasteiger partial charge in [-0.3, -0.25) is 0 Å². The minimum atomic E-state index is 0.903. The summed E-state index contributed by atoms with van der Waals surface area (Å²) in [6, 6.07) is 8.39. The molecule has 16 heavy (non-hydrogen) atoms. The van der Waals surface area contributed by atoms with Gasteiger partial charge < -0.3 is 4.57 Å². The van der Waals surface area contributed by atoms with Crippen molar-refractivity contribution in [2.75, 3.05) is 0 Å². The Balaban J connectivity index is 2.32. The highest BCUT2D eigenvalue weighted by Crippen LogP contribution is 2.32. The Morgan fingerprint density at radius 2 is 2.12 bits per heavy atom. The lowest BCUT2D eigenvalue weighted by Crippen LogP contribution is -1.81. The molecule has 0 spiro atoms. The molecule has 0 aliphatic rings. The Morgan fingerprint density at radius 1 is 1.31 bits per heavy atom. The molecule has 0 saturated heterocycles. The van der Waals surface area contributed by atoms with Crippen LogP contribution in [0.25, 0.3) is 21.5 Å². The molecule has 1 aromatic carbocycles. The maximum atomic E-state index is 4.47. The fraction of sp³-hybridized carbons (Fsp3) is 0.0833. The molecule has 80 valence electrons. The zero-order chi connectivity index (χ0) is 11.1. The van der Waals surface area contributed by atoms with E-state index in [0.29, 0.717) is 0 Å². The standard InChI is InChI=1S/C12H9BrN2S/c1-15-6-9(12-14-11(13)7-16-12)8-4-2-3-5-10(8)15/h2-7H,1H3. The third-order valence-corrected chi connectivity index (χ3v) is 4.19. The first-order valence-electron chi connectivity index (χ1n) is 4.91. The largest absolute Gasteiger partial charge is 0.350 e. The Hall–Kier alpha value is -1.13. The Kier molecular flexibility index (Phi) is 2.33. The lowest BCUT2D eigenvalue weighted by Gasteiger charge is -1.93. The predicted molar refractivity (Wildman–Crippen MR) is 71.7 cm³/mol. The minimum Gasteiger partial charge on any atom is -0.350 e. The zero-order valence-electron chi connectivity index (χ0n) is 8.64. The number of benzene rings is 1. The summed E-state index contributed by atoms with van der Waals surface area (Å²) in [5.41, 5.74) is 2.44. The van der Waals surface area contributed by atoms with Gasteiger partial charge in [-0.1, -0.05) is 18.2 Å². The molecule has 3 aromatic rings. The van der Waals surface area contributed by atoms with E-state index in [0.717, 1.165) is 9.61 Å². The van der Waals surface area contributed by atoms with Gasteiger partial charge in [0, 0.05) is 35.1 Å². The van der Waals surface area contributed by atoms with Gasteiger partial charge >= 0.3 is 0 Å². The third-order valence-electron chi connectivity index (χ3n) is 2.60. The molecule has 0 radical (unpaired) electrons. The number of rotatable bonds is 1. The quantitative estimate of drug-likeness (QED) is 0.661. The zero-order valence-corrected chi connectivity index (χ0v) is 11.0. The Bertz CT molecular complexity index is 654. The van der Waals surface area contributed by atoms with Gasteiger partial charge in [0.05, 0.1) is 0 Å². The second-order valence-electron chi connectivity index (χ2n) is 3.65. The number of fused-ring (bicyclic) bond motifs is 1. The van der Waals surface area contributed by atoms with Crippen molar-refractivity contribution in [3.05, 3.63) is 40.4 Å². The van der Waals surface area contributed by atoms with E-state index < -0.39 is 0 Å². The molecular formula is C12H9BrN2S. The van der Waals surface area contributed by atoms with Crippen molar-refractivity contribution in [3.63, 3.8) is 0 Å². The van der Waals surface area contributed by atoms with Crippen molar-refractivity contribution in [1.82, 2.24) is 9.55 Å². The van der Waals surface area contributed by atoms with Crippen LogP contribution in [-0.4, -0.2) is 9.55 Å². The maximum absolute atomic E-state index is 4.47. The number of hydrogen-bond acceptors (Lipinski definition) is 2. The number of nitrogens with zero attached hydrogens (tertiary/aromatic N) is 2. The number of halogens is 1. The van der Waals surface area contributed by atoms with E-state index in [4.69, 9.17) is 0 Å². The van der Waals surface area contributed by atoms with E-state index in [-0.39, 0.29) is 0 Å². The van der Waals surface area contributed by atoms with Gasteiger partial charge in [-0.15, -0.1) is 11.3 Å². The normalized spacial score (nSPS) is 11.1.